The number of hydrogen-bond acceptors (Lipinski definition) is 4. The van der Waals surface area contributed by atoms with E-state index in [1.807, 2.05) is 31.2 Å². The van der Waals surface area contributed by atoms with E-state index < -0.39 is 5.91 Å². The highest BCUT2D eigenvalue weighted by Crippen LogP contribution is 2.30. The highest BCUT2D eigenvalue weighted by Gasteiger charge is 2.07. The molecule has 0 aromatic heterocycles. The first-order valence-corrected chi connectivity index (χ1v) is 6.30. The second-order valence-corrected chi connectivity index (χ2v) is 4.22. The zero-order valence-electron chi connectivity index (χ0n) is 11.2. The molecule has 0 radical (unpaired) electrons. The summed E-state index contributed by atoms with van der Waals surface area (Å²) in [5.74, 6) is 0.242. The minimum Gasteiger partial charge on any atom is -0.492 e. The average molecular weight is 271 g/mol. The SMILES string of the molecule is CCOc1ccccc1Nc1ccc(C(N)=O)cc1N. The molecule has 104 valence electrons. The number of benzene rings is 2. The maximum atomic E-state index is 11.1. The van der Waals surface area contributed by atoms with Crippen LogP contribution < -0.4 is 21.5 Å². The fourth-order valence-electron chi connectivity index (χ4n) is 1.83. The lowest BCUT2D eigenvalue weighted by Crippen LogP contribution is -2.11. The zero-order chi connectivity index (χ0) is 14.5. The molecule has 2 aromatic carbocycles. The van der Waals surface area contributed by atoms with Gasteiger partial charge in [0.1, 0.15) is 5.75 Å². The lowest BCUT2D eigenvalue weighted by Gasteiger charge is -2.14. The quantitative estimate of drug-likeness (QED) is 0.729. The summed E-state index contributed by atoms with van der Waals surface area (Å²) in [5.41, 5.74) is 13.5. The Balaban J connectivity index is 2.28. The van der Waals surface area contributed by atoms with E-state index in [1.165, 1.54) is 0 Å². The first-order valence-electron chi connectivity index (χ1n) is 6.30. The van der Waals surface area contributed by atoms with Gasteiger partial charge in [-0.1, -0.05) is 12.1 Å². The third-order valence-corrected chi connectivity index (χ3v) is 2.79. The van der Waals surface area contributed by atoms with Crippen molar-refractivity contribution in [2.24, 2.45) is 5.73 Å². The van der Waals surface area contributed by atoms with E-state index in [-0.39, 0.29) is 0 Å². The molecule has 0 spiro atoms. The molecule has 0 saturated heterocycles. The van der Waals surface area contributed by atoms with E-state index in [4.69, 9.17) is 16.2 Å². The van der Waals surface area contributed by atoms with Crippen molar-refractivity contribution >= 4 is 23.0 Å². The topological polar surface area (TPSA) is 90.4 Å². The van der Waals surface area contributed by atoms with Crippen molar-refractivity contribution in [3.63, 3.8) is 0 Å². The Labute approximate surface area is 117 Å². The molecule has 5 N–H and O–H groups in total. The van der Waals surface area contributed by atoms with E-state index >= 15 is 0 Å². The summed E-state index contributed by atoms with van der Waals surface area (Å²) in [6, 6.07) is 12.5. The Kier molecular flexibility index (Phi) is 4.10. The average Bonchev–Trinajstić information content (AvgIpc) is 2.43. The number of anilines is 3. The number of ether oxygens (including phenoxy) is 1. The molecule has 2 rings (SSSR count). The van der Waals surface area contributed by atoms with Crippen LogP contribution in [-0.2, 0) is 0 Å². The Morgan fingerprint density at radius 2 is 1.95 bits per heavy atom. The summed E-state index contributed by atoms with van der Waals surface area (Å²) in [6.45, 7) is 2.50. The summed E-state index contributed by atoms with van der Waals surface area (Å²) in [7, 11) is 0. The first-order chi connectivity index (χ1) is 9.61. The van der Waals surface area contributed by atoms with E-state index in [0.29, 0.717) is 23.5 Å². The van der Waals surface area contributed by atoms with Gasteiger partial charge in [-0.3, -0.25) is 4.79 Å². The van der Waals surface area contributed by atoms with Crippen molar-refractivity contribution in [2.45, 2.75) is 6.92 Å². The van der Waals surface area contributed by atoms with Crippen LogP contribution >= 0.6 is 0 Å². The molecule has 0 saturated carbocycles. The van der Waals surface area contributed by atoms with Gasteiger partial charge in [-0.15, -0.1) is 0 Å². The Morgan fingerprint density at radius 1 is 1.20 bits per heavy atom. The minimum absolute atomic E-state index is 0.381. The van der Waals surface area contributed by atoms with E-state index in [9.17, 15) is 4.79 Å². The Hall–Kier alpha value is -2.69. The van der Waals surface area contributed by atoms with Crippen LogP contribution in [0.25, 0.3) is 0 Å². The molecule has 1 amide bonds. The number of para-hydroxylation sites is 2. The molecule has 0 unspecified atom stereocenters. The van der Waals surface area contributed by atoms with Crippen LogP contribution in [0.15, 0.2) is 42.5 Å². The maximum Gasteiger partial charge on any atom is 0.248 e. The number of carbonyl (C=O) groups excluding carboxylic acids is 1. The summed E-state index contributed by atoms with van der Waals surface area (Å²) < 4.78 is 5.53. The highest BCUT2D eigenvalue weighted by molar-refractivity contribution is 5.95. The molecule has 2 aromatic rings. The predicted octanol–water partition coefficient (Wildman–Crippen LogP) is 2.51. The summed E-state index contributed by atoms with van der Waals surface area (Å²) >= 11 is 0. The van der Waals surface area contributed by atoms with E-state index in [2.05, 4.69) is 5.32 Å². The Morgan fingerprint density at radius 3 is 2.60 bits per heavy atom. The molecule has 5 heteroatoms. The monoisotopic (exact) mass is 271 g/mol. The van der Waals surface area contributed by atoms with Gasteiger partial charge >= 0.3 is 0 Å². The second kappa shape index (κ2) is 5.97. The van der Waals surface area contributed by atoms with Crippen LogP contribution in [0.1, 0.15) is 17.3 Å². The Bertz CT molecular complexity index is 626. The number of nitrogen functional groups attached to an aromatic ring is 1. The number of rotatable bonds is 5. The maximum absolute atomic E-state index is 11.1. The fourth-order valence-corrected chi connectivity index (χ4v) is 1.83. The van der Waals surface area contributed by atoms with Gasteiger partial charge in [0.2, 0.25) is 5.91 Å². The molecule has 0 bridgehead atoms. The zero-order valence-corrected chi connectivity index (χ0v) is 11.2. The van der Waals surface area contributed by atoms with Crippen molar-refractivity contribution in [3.05, 3.63) is 48.0 Å². The third kappa shape index (κ3) is 3.00. The molecule has 0 aliphatic carbocycles. The lowest BCUT2D eigenvalue weighted by molar-refractivity contribution is 0.100. The van der Waals surface area contributed by atoms with Gasteiger partial charge in [-0.2, -0.15) is 0 Å². The second-order valence-electron chi connectivity index (χ2n) is 4.22. The van der Waals surface area contributed by atoms with Crippen LogP contribution in [0.5, 0.6) is 5.75 Å². The summed E-state index contributed by atoms with van der Waals surface area (Å²) in [6.07, 6.45) is 0. The van der Waals surface area contributed by atoms with Crippen LogP contribution in [0.2, 0.25) is 0 Å². The van der Waals surface area contributed by atoms with Gasteiger partial charge < -0.3 is 21.5 Å². The lowest BCUT2D eigenvalue weighted by atomic mass is 10.1. The number of carbonyl (C=O) groups is 1. The normalized spacial score (nSPS) is 10.1. The van der Waals surface area contributed by atoms with Crippen LogP contribution in [-0.4, -0.2) is 12.5 Å². The molecular weight excluding hydrogens is 254 g/mol. The molecule has 0 heterocycles. The fraction of sp³-hybridized carbons (Fsp3) is 0.133. The van der Waals surface area contributed by atoms with Crippen LogP contribution in [0.4, 0.5) is 17.1 Å². The van der Waals surface area contributed by atoms with E-state index in [1.54, 1.807) is 18.2 Å². The summed E-state index contributed by atoms with van der Waals surface area (Å²) in [5, 5.41) is 3.19. The van der Waals surface area contributed by atoms with Gasteiger partial charge in [-0.05, 0) is 37.3 Å². The van der Waals surface area contributed by atoms with Crippen molar-refractivity contribution in [3.8, 4) is 5.75 Å². The molecule has 0 fully saturated rings. The van der Waals surface area contributed by atoms with Gasteiger partial charge in [0, 0.05) is 5.56 Å². The number of amides is 1. The van der Waals surface area contributed by atoms with Gasteiger partial charge in [-0.25, -0.2) is 0 Å². The van der Waals surface area contributed by atoms with E-state index in [0.717, 1.165) is 11.4 Å². The van der Waals surface area contributed by atoms with Crippen molar-refractivity contribution in [2.75, 3.05) is 17.7 Å². The number of nitrogens with one attached hydrogen (secondary N) is 1. The predicted molar refractivity (Wildman–Crippen MR) is 80.3 cm³/mol. The van der Waals surface area contributed by atoms with Gasteiger partial charge in [0.25, 0.3) is 0 Å². The molecule has 5 nitrogen and oxygen atoms in total. The largest absolute Gasteiger partial charge is 0.492 e. The molecule has 0 atom stereocenters. The number of hydrogen-bond donors (Lipinski definition) is 3. The number of nitrogens with two attached hydrogens (primary N) is 2. The van der Waals surface area contributed by atoms with Crippen molar-refractivity contribution < 1.29 is 9.53 Å². The molecule has 0 aliphatic rings. The first kappa shape index (κ1) is 13.7. The minimum atomic E-state index is -0.502. The van der Waals surface area contributed by atoms with Gasteiger partial charge in [0.15, 0.2) is 0 Å². The molecule has 20 heavy (non-hydrogen) atoms. The van der Waals surface area contributed by atoms with Crippen molar-refractivity contribution in [1.82, 2.24) is 0 Å². The third-order valence-electron chi connectivity index (χ3n) is 2.79. The van der Waals surface area contributed by atoms with Crippen LogP contribution in [0, 0.1) is 0 Å². The smallest absolute Gasteiger partial charge is 0.248 e. The summed E-state index contributed by atoms with van der Waals surface area (Å²) in [4.78, 5) is 11.1. The van der Waals surface area contributed by atoms with Crippen molar-refractivity contribution in [1.29, 1.82) is 0 Å². The van der Waals surface area contributed by atoms with Gasteiger partial charge in [0.05, 0.1) is 23.7 Å². The van der Waals surface area contributed by atoms with Crippen LogP contribution in [0.3, 0.4) is 0 Å². The molecule has 0 aliphatic heterocycles. The number of primary amides is 1. The molecular formula is C15H17N3O2. The standard InChI is InChI=1S/C15H17N3O2/c1-2-20-14-6-4-3-5-13(14)18-12-8-7-10(15(17)19)9-11(12)16/h3-9,18H,2,16H2,1H3,(H2,17,19). The highest BCUT2D eigenvalue weighted by atomic mass is 16.5.